The van der Waals surface area contributed by atoms with E-state index in [0.717, 1.165) is 42.8 Å². The average Bonchev–Trinajstić information content (AvgIpc) is 2.94. The monoisotopic (exact) mass is 462 g/mol. The van der Waals surface area contributed by atoms with Crippen molar-refractivity contribution in [1.82, 2.24) is 4.98 Å². The highest BCUT2D eigenvalue weighted by Gasteiger charge is 2.33. The number of halogens is 3. The lowest BCUT2D eigenvalue weighted by Gasteiger charge is -2.27. The number of hydrogen-bond donors (Lipinski definition) is 1. The van der Waals surface area contributed by atoms with Gasteiger partial charge in [-0.1, -0.05) is 44.7 Å². The number of carbonyl (C=O) groups is 1. The summed E-state index contributed by atoms with van der Waals surface area (Å²) >= 11 is 0. The Morgan fingerprint density at radius 1 is 1.33 bits per heavy atom. The summed E-state index contributed by atoms with van der Waals surface area (Å²) in [4.78, 5) is 18.9. The van der Waals surface area contributed by atoms with Crippen molar-refractivity contribution in [2.24, 2.45) is 10.9 Å². The molecule has 8 heteroatoms. The number of carboxylic acids is 1. The van der Waals surface area contributed by atoms with Crippen molar-refractivity contribution in [1.29, 1.82) is 0 Å². The van der Waals surface area contributed by atoms with Crippen molar-refractivity contribution in [3.8, 4) is 5.75 Å². The maximum Gasteiger partial charge on any atom is 0.433 e. The van der Waals surface area contributed by atoms with E-state index in [1.54, 1.807) is 12.3 Å². The molecule has 0 amide bonds. The summed E-state index contributed by atoms with van der Waals surface area (Å²) in [5.41, 5.74) is 0.687. The van der Waals surface area contributed by atoms with Gasteiger partial charge in [0.25, 0.3) is 0 Å². The number of carboxylic acid groups (broad SMARTS) is 1. The first-order valence-corrected chi connectivity index (χ1v) is 10.8. The van der Waals surface area contributed by atoms with Crippen LogP contribution in [0.5, 0.6) is 5.75 Å². The van der Waals surface area contributed by atoms with E-state index >= 15 is 0 Å². The Kier molecular flexibility index (Phi) is 9.63. The van der Waals surface area contributed by atoms with Gasteiger partial charge in [0.05, 0.1) is 11.9 Å². The van der Waals surface area contributed by atoms with E-state index < -0.39 is 23.9 Å². The molecule has 2 rings (SSSR count). The van der Waals surface area contributed by atoms with Crippen LogP contribution >= 0.6 is 0 Å². The molecule has 1 aliphatic rings. The third kappa shape index (κ3) is 8.04. The van der Waals surface area contributed by atoms with E-state index in [1.165, 1.54) is 6.07 Å². The van der Waals surface area contributed by atoms with E-state index in [1.807, 2.05) is 12.2 Å². The van der Waals surface area contributed by atoms with Crippen LogP contribution < -0.4 is 4.74 Å². The standard InChI is InChI=1S/C25H29F3N2O3/c1-4-9-19(12-7-5-6-10-18(3)24(31)32)22-23(17(2)11-8-15-29-22)33-20-13-14-21(30-16-20)25(26,27)28/h5-6,8,13-16,19,23H,2-4,7,9-12H2,1H3,(H,31,32)/b6-5-. The molecule has 1 aromatic rings. The van der Waals surface area contributed by atoms with Crippen LogP contribution in [0.1, 0.15) is 51.1 Å². The van der Waals surface area contributed by atoms with E-state index in [9.17, 15) is 18.0 Å². The minimum Gasteiger partial charge on any atom is -0.478 e. The van der Waals surface area contributed by atoms with Gasteiger partial charge < -0.3 is 9.84 Å². The topological polar surface area (TPSA) is 71.8 Å². The molecule has 1 N–H and O–H groups in total. The van der Waals surface area contributed by atoms with Gasteiger partial charge in [-0.05, 0) is 49.8 Å². The number of aromatic nitrogens is 1. The summed E-state index contributed by atoms with van der Waals surface area (Å²) in [6.07, 6.45) is 7.32. The van der Waals surface area contributed by atoms with Gasteiger partial charge in [0.2, 0.25) is 0 Å². The number of allylic oxidation sites excluding steroid dienone is 3. The minimum atomic E-state index is -4.52. The predicted octanol–water partition coefficient (Wildman–Crippen LogP) is 6.55. The van der Waals surface area contributed by atoms with Crippen LogP contribution in [0.2, 0.25) is 0 Å². The Hall–Kier alpha value is -3.16. The fourth-order valence-electron chi connectivity index (χ4n) is 3.46. The molecule has 178 valence electrons. The highest BCUT2D eigenvalue weighted by atomic mass is 19.4. The largest absolute Gasteiger partial charge is 0.478 e. The fourth-order valence-corrected chi connectivity index (χ4v) is 3.46. The Bertz CT molecular complexity index is 931. The Morgan fingerprint density at radius 3 is 2.70 bits per heavy atom. The molecule has 2 unspecified atom stereocenters. The highest BCUT2D eigenvalue weighted by molar-refractivity contribution is 5.94. The Labute approximate surface area is 192 Å². The maximum absolute atomic E-state index is 12.8. The second kappa shape index (κ2) is 12.2. The molecule has 1 aromatic heterocycles. The van der Waals surface area contributed by atoms with Crippen molar-refractivity contribution < 1.29 is 27.8 Å². The molecule has 5 nitrogen and oxygen atoms in total. The molecule has 0 aliphatic carbocycles. The molecule has 1 aliphatic heterocycles. The SMILES string of the molecule is C=C(C/C=C\CCC(CCC)C1=NC=CCC(=C)C1Oc1ccc(C(F)(F)F)nc1)C(=O)O. The molecule has 0 saturated carbocycles. The van der Waals surface area contributed by atoms with Crippen LogP contribution in [-0.4, -0.2) is 27.9 Å². The number of aliphatic imine (C=N–C) groups is 1. The maximum atomic E-state index is 12.8. The third-order valence-corrected chi connectivity index (χ3v) is 5.20. The third-order valence-electron chi connectivity index (χ3n) is 5.20. The van der Waals surface area contributed by atoms with Gasteiger partial charge >= 0.3 is 12.1 Å². The molecule has 0 bridgehead atoms. The summed E-state index contributed by atoms with van der Waals surface area (Å²) in [7, 11) is 0. The molecule has 0 fully saturated rings. The zero-order valence-corrected chi connectivity index (χ0v) is 18.6. The first-order chi connectivity index (χ1) is 15.6. The van der Waals surface area contributed by atoms with Crippen molar-refractivity contribution in [2.45, 2.75) is 57.7 Å². The minimum absolute atomic E-state index is 0.0641. The Morgan fingerprint density at radius 2 is 2.09 bits per heavy atom. The quantitative estimate of drug-likeness (QED) is 0.299. The molecule has 0 aromatic carbocycles. The zero-order chi connectivity index (χ0) is 24.4. The highest BCUT2D eigenvalue weighted by Crippen LogP contribution is 2.30. The number of hydrogen-bond acceptors (Lipinski definition) is 4. The second-order valence-corrected chi connectivity index (χ2v) is 7.82. The predicted molar refractivity (Wildman–Crippen MR) is 122 cm³/mol. The molecule has 33 heavy (non-hydrogen) atoms. The van der Waals surface area contributed by atoms with Crippen LogP contribution in [0.3, 0.4) is 0 Å². The molecule has 0 radical (unpaired) electrons. The normalized spacial score (nSPS) is 17.5. The van der Waals surface area contributed by atoms with Crippen LogP contribution in [0.15, 0.2) is 72.1 Å². The van der Waals surface area contributed by atoms with Crippen molar-refractivity contribution in [3.63, 3.8) is 0 Å². The van der Waals surface area contributed by atoms with E-state index in [0.29, 0.717) is 12.8 Å². The van der Waals surface area contributed by atoms with Crippen LogP contribution in [-0.2, 0) is 11.0 Å². The van der Waals surface area contributed by atoms with Gasteiger partial charge in [0.1, 0.15) is 11.4 Å². The van der Waals surface area contributed by atoms with Crippen molar-refractivity contribution in [3.05, 3.63) is 72.8 Å². The first-order valence-electron chi connectivity index (χ1n) is 10.8. The van der Waals surface area contributed by atoms with Gasteiger partial charge in [-0.2, -0.15) is 13.2 Å². The summed E-state index contributed by atoms with van der Waals surface area (Å²) < 4.78 is 44.5. The Balaban J connectivity index is 2.15. The number of nitrogens with zero attached hydrogens (tertiary/aromatic N) is 2. The molecular formula is C25H29F3N2O3. The van der Waals surface area contributed by atoms with Gasteiger partial charge in [0.15, 0.2) is 6.10 Å². The van der Waals surface area contributed by atoms with Crippen molar-refractivity contribution >= 4 is 11.7 Å². The smallest absolute Gasteiger partial charge is 0.433 e. The van der Waals surface area contributed by atoms with E-state index in [2.05, 4.69) is 30.1 Å². The number of aliphatic carboxylic acids is 1. The average molecular weight is 463 g/mol. The number of rotatable bonds is 11. The van der Waals surface area contributed by atoms with E-state index in [4.69, 9.17) is 9.84 Å². The summed E-state index contributed by atoms with van der Waals surface area (Å²) in [6.45, 7) is 9.68. The number of ether oxygens (including phenoxy) is 1. The summed E-state index contributed by atoms with van der Waals surface area (Å²) in [6, 6.07) is 2.15. The lowest BCUT2D eigenvalue weighted by molar-refractivity contribution is -0.141. The lowest BCUT2D eigenvalue weighted by Crippen LogP contribution is -2.34. The van der Waals surface area contributed by atoms with E-state index in [-0.39, 0.29) is 23.7 Å². The molecule has 2 heterocycles. The van der Waals surface area contributed by atoms with Gasteiger partial charge in [0, 0.05) is 17.7 Å². The fraction of sp³-hybridized carbons (Fsp3) is 0.400. The first kappa shape index (κ1) is 26.1. The van der Waals surface area contributed by atoms with Crippen LogP contribution in [0, 0.1) is 5.92 Å². The molecule has 2 atom stereocenters. The van der Waals surface area contributed by atoms with Crippen molar-refractivity contribution in [2.75, 3.05) is 0 Å². The zero-order valence-electron chi connectivity index (χ0n) is 18.6. The van der Waals surface area contributed by atoms with Crippen LogP contribution in [0.25, 0.3) is 0 Å². The summed E-state index contributed by atoms with van der Waals surface area (Å²) in [5, 5.41) is 8.89. The lowest BCUT2D eigenvalue weighted by atomic mass is 9.87. The summed E-state index contributed by atoms with van der Waals surface area (Å²) in [5.74, 6) is -0.736. The van der Waals surface area contributed by atoms with Crippen LogP contribution in [0.4, 0.5) is 13.2 Å². The molecule has 0 spiro atoms. The van der Waals surface area contributed by atoms with Gasteiger partial charge in [-0.15, -0.1) is 0 Å². The molecule has 0 saturated heterocycles. The van der Waals surface area contributed by atoms with Gasteiger partial charge in [-0.3, -0.25) is 4.99 Å². The molecular weight excluding hydrogens is 433 g/mol. The number of alkyl halides is 3. The number of pyridine rings is 1. The van der Waals surface area contributed by atoms with Gasteiger partial charge in [-0.25, -0.2) is 9.78 Å². The second-order valence-electron chi connectivity index (χ2n) is 7.82.